The van der Waals surface area contributed by atoms with Crippen LogP contribution in [0.15, 0.2) is 30.6 Å². The molecule has 0 bridgehead atoms. The molecule has 2 aromatic heterocycles. The molecule has 0 atom stereocenters. The first-order chi connectivity index (χ1) is 8.84. The van der Waals surface area contributed by atoms with Crippen molar-refractivity contribution in [3.63, 3.8) is 0 Å². The third-order valence-electron chi connectivity index (χ3n) is 2.43. The molecule has 3 aromatic rings. The second-order valence-corrected chi connectivity index (χ2v) is 3.50. The van der Waals surface area contributed by atoms with E-state index < -0.39 is 0 Å². The Kier molecular flexibility index (Phi) is 9.82. The molecule has 0 saturated heterocycles. The summed E-state index contributed by atoms with van der Waals surface area (Å²) < 4.78 is 1.53. The number of benzene rings is 1. The maximum atomic E-state index is 4.09. The van der Waals surface area contributed by atoms with Crippen LogP contribution in [0.25, 0.3) is 16.9 Å². The molecule has 20 heavy (non-hydrogen) atoms. The van der Waals surface area contributed by atoms with Crippen molar-refractivity contribution < 1.29 is 65.4 Å². The standard InChI is InChI=1S/C12H8N4.C2H6.2Y/c1-9-4-2-3-5-11(9)10-6-13-12-14-8-15-16(12)7-10;1-2;;/h2-5,8H,1H3;1-2H3;;/q-2;;;. The van der Waals surface area contributed by atoms with Crippen molar-refractivity contribution in [3.8, 4) is 11.1 Å². The van der Waals surface area contributed by atoms with Crippen molar-refractivity contribution in [2.75, 3.05) is 0 Å². The van der Waals surface area contributed by atoms with Gasteiger partial charge in [-0.2, -0.15) is 23.1 Å². The van der Waals surface area contributed by atoms with Crippen LogP contribution < -0.4 is 0 Å². The Balaban J connectivity index is 0.000000866. The van der Waals surface area contributed by atoms with Crippen LogP contribution in [-0.4, -0.2) is 19.6 Å². The molecule has 0 spiro atoms. The second kappa shape index (κ2) is 9.83. The van der Waals surface area contributed by atoms with Gasteiger partial charge in [-0.1, -0.05) is 39.0 Å². The molecule has 98 valence electrons. The maximum absolute atomic E-state index is 4.09. The number of nitrogens with zero attached hydrogens (tertiary/aromatic N) is 4. The third-order valence-corrected chi connectivity index (χ3v) is 2.43. The van der Waals surface area contributed by atoms with E-state index in [0.717, 1.165) is 16.7 Å². The summed E-state index contributed by atoms with van der Waals surface area (Å²) in [5.41, 5.74) is 3.03. The van der Waals surface area contributed by atoms with Crippen LogP contribution in [0.5, 0.6) is 0 Å². The van der Waals surface area contributed by atoms with Crippen molar-refractivity contribution in [1.29, 1.82) is 0 Å². The minimum absolute atomic E-state index is 0. The number of hydrogen-bond acceptors (Lipinski definition) is 3. The van der Waals surface area contributed by atoms with Gasteiger partial charge in [-0.3, -0.25) is 4.98 Å². The number of aromatic nitrogens is 4. The maximum Gasteiger partial charge on any atom is 0.117 e. The van der Waals surface area contributed by atoms with Crippen LogP contribution in [0.1, 0.15) is 19.4 Å². The van der Waals surface area contributed by atoms with E-state index in [2.05, 4.69) is 27.5 Å². The number of fused-ring (bicyclic) bond motifs is 1. The average Bonchev–Trinajstić information content (AvgIpc) is 2.89. The molecule has 0 aliphatic heterocycles. The van der Waals surface area contributed by atoms with Crippen molar-refractivity contribution in [1.82, 2.24) is 19.6 Å². The molecule has 0 fully saturated rings. The van der Waals surface area contributed by atoms with Crippen LogP contribution in [-0.2, 0) is 65.4 Å². The molecule has 1 aromatic carbocycles. The van der Waals surface area contributed by atoms with Gasteiger partial charge in [0.2, 0.25) is 0 Å². The van der Waals surface area contributed by atoms with E-state index in [9.17, 15) is 0 Å². The molecular weight excluding hydrogens is 402 g/mol. The van der Waals surface area contributed by atoms with Crippen molar-refractivity contribution in [3.05, 3.63) is 48.5 Å². The number of aryl methyl sites for hydroxylation is 1. The van der Waals surface area contributed by atoms with Crippen molar-refractivity contribution >= 4 is 5.78 Å². The quantitative estimate of drug-likeness (QED) is 0.574. The van der Waals surface area contributed by atoms with Gasteiger partial charge < -0.3 is 9.50 Å². The zero-order valence-electron chi connectivity index (χ0n) is 11.8. The van der Waals surface area contributed by atoms with Crippen LogP contribution in [0, 0.1) is 19.3 Å². The zero-order chi connectivity index (χ0) is 13.0. The smallest absolute Gasteiger partial charge is 0.117 e. The van der Waals surface area contributed by atoms with Crippen molar-refractivity contribution in [2.45, 2.75) is 20.8 Å². The summed E-state index contributed by atoms with van der Waals surface area (Å²) in [6.07, 6.45) is 7.47. The summed E-state index contributed by atoms with van der Waals surface area (Å²) in [6.45, 7) is 6.04. The Labute approximate surface area is 169 Å². The topological polar surface area (TPSA) is 43.1 Å². The van der Waals surface area contributed by atoms with Gasteiger partial charge in [-0.05, 0) is 0 Å². The Hall–Kier alpha value is -0.0222. The molecule has 0 N–H and O–H groups in total. The minimum atomic E-state index is 0. The summed E-state index contributed by atoms with van der Waals surface area (Å²) >= 11 is 0. The van der Waals surface area contributed by atoms with Gasteiger partial charge in [0.05, 0.1) is 5.78 Å². The van der Waals surface area contributed by atoms with Crippen LogP contribution in [0.4, 0.5) is 0 Å². The van der Waals surface area contributed by atoms with E-state index in [1.54, 1.807) is 0 Å². The predicted octanol–water partition coefficient (Wildman–Crippen LogP) is 2.72. The number of hydrogen-bond donors (Lipinski definition) is 0. The fourth-order valence-electron chi connectivity index (χ4n) is 1.60. The van der Waals surface area contributed by atoms with Gasteiger partial charge in [0.25, 0.3) is 0 Å². The Morgan fingerprint density at radius 3 is 2.50 bits per heavy atom. The first-order valence-corrected chi connectivity index (χ1v) is 5.91. The van der Waals surface area contributed by atoms with Crippen molar-refractivity contribution in [2.24, 2.45) is 0 Å². The summed E-state index contributed by atoms with van der Waals surface area (Å²) in [7, 11) is 0. The van der Waals surface area contributed by atoms with Gasteiger partial charge in [0.15, 0.2) is 0 Å². The second-order valence-electron chi connectivity index (χ2n) is 3.50. The van der Waals surface area contributed by atoms with Gasteiger partial charge in [0.1, 0.15) is 6.33 Å². The third kappa shape index (κ3) is 4.49. The van der Waals surface area contributed by atoms with E-state index in [4.69, 9.17) is 0 Å². The largest absolute Gasteiger partial charge is 0.423 e. The number of rotatable bonds is 1. The monoisotopic (exact) mass is 416 g/mol. The summed E-state index contributed by atoms with van der Waals surface area (Å²) in [6, 6.07) is 8.04. The molecule has 0 aliphatic carbocycles. The molecule has 2 radical (unpaired) electrons. The van der Waals surface area contributed by atoms with E-state index >= 15 is 0 Å². The SMILES string of the molecule is CC.Cc1ccccc1-c1[c-]nc2ncnn2[c-]1.[Y].[Y]. The molecule has 2 heterocycles. The minimum Gasteiger partial charge on any atom is -0.423 e. The summed E-state index contributed by atoms with van der Waals surface area (Å²) in [5, 5.41) is 4.00. The predicted molar refractivity (Wildman–Crippen MR) is 70.0 cm³/mol. The normalized spacial score (nSPS) is 8.95. The fraction of sp³-hybridized carbons (Fsp3) is 0.214. The molecule has 0 unspecified atom stereocenters. The average molecular weight is 416 g/mol. The first-order valence-electron chi connectivity index (χ1n) is 5.91. The molecule has 6 heteroatoms. The van der Waals surface area contributed by atoms with Gasteiger partial charge in [-0.15, -0.1) is 11.6 Å². The molecule has 0 amide bonds. The summed E-state index contributed by atoms with van der Waals surface area (Å²) in [4.78, 5) is 8.05. The first kappa shape index (κ1) is 20.0. The van der Waals surface area contributed by atoms with E-state index in [0.29, 0.717) is 5.78 Å². The summed E-state index contributed by atoms with van der Waals surface area (Å²) in [5.74, 6) is 0.511. The Bertz CT molecular complexity index is 652. The molecule has 3 rings (SSSR count). The van der Waals surface area contributed by atoms with Crippen LogP contribution >= 0.6 is 0 Å². The molecule has 0 aliphatic rings. The Morgan fingerprint density at radius 1 is 1.10 bits per heavy atom. The van der Waals surface area contributed by atoms with E-state index in [1.807, 2.05) is 45.0 Å². The van der Waals surface area contributed by atoms with E-state index in [1.165, 1.54) is 10.8 Å². The van der Waals surface area contributed by atoms with Gasteiger partial charge in [0, 0.05) is 65.4 Å². The van der Waals surface area contributed by atoms with Gasteiger partial charge in [-0.25, -0.2) is 5.56 Å². The Morgan fingerprint density at radius 2 is 1.80 bits per heavy atom. The fourth-order valence-corrected chi connectivity index (χ4v) is 1.60. The zero-order valence-corrected chi connectivity index (χ0v) is 17.5. The van der Waals surface area contributed by atoms with E-state index in [-0.39, 0.29) is 65.4 Å². The van der Waals surface area contributed by atoms with Gasteiger partial charge >= 0.3 is 0 Å². The van der Waals surface area contributed by atoms with Crippen LogP contribution in [0.2, 0.25) is 0 Å². The molecule has 0 saturated carbocycles. The molecule has 4 nitrogen and oxygen atoms in total. The molecular formula is C14H14N4Y2-2. The van der Waals surface area contributed by atoms with Crippen LogP contribution in [0.3, 0.4) is 0 Å².